The summed E-state index contributed by atoms with van der Waals surface area (Å²) in [5.74, 6) is -0.143. The molecule has 1 N–H and O–H groups in total. The van der Waals surface area contributed by atoms with Gasteiger partial charge in [0.15, 0.2) is 0 Å². The number of aliphatic hydroxyl groups is 1. The van der Waals surface area contributed by atoms with Gasteiger partial charge in [-0.1, -0.05) is 6.08 Å². The Hall–Kier alpha value is -1.33. The Bertz CT molecular complexity index is 456. The lowest BCUT2D eigenvalue weighted by molar-refractivity contribution is -0.138. The molecule has 3 rings (SSSR count). The van der Waals surface area contributed by atoms with Gasteiger partial charge < -0.3 is 19.5 Å². The van der Waals surface area contributed by atoms with Crippen LogP contribution in [-0.2, 0) is 14.3 Å². The van der Waals surface area contributed by atoms with Gasteiger partial charge in [0.1, 0.15) is 6.23 Å². The fourth-order valence-electron chi connectivity index (χ4n) is 3.47. The molecule has 4 atom stereocenters. The predicted molar refractivity (Wildman–Crippen MR) is 67.9 cm³/mol. The summed E-state index contributed by atoms with van der Waals surface area (Å²) >= 11 is 0. The van der Waals surface area contributed by atoms with E-state index in [0.717, 1.165) is 18.5 Å². The van der Waals surface area contributed by atoms with Crippen LogP contribution in [0, 0.1) is 11.8 Å². The van der Waals surface area contributed by atoms with Gasteiger partial charge in [0.2, 0.25) is 0 Å². The number of nitrogens with zero attached hydrogens (tertiary/aromatic N) is 1. The minimum atomic E-state index is -0.277. The van der Waals surface area contributed by atoms with Crippen molar-refractivity contribution in [1.82, 2.24) is 4.90 Å². The van der Waals surface area contributed by atoms with E-state index >= 15 is 0 Å². The fraction of sp³-hybridized carbons (Fsp3) is 0.643. The Labute approximate surface area is 112 Å². The molecule has 1 aliphatic carbocycles. The minimum Gasteiger partial charge on any atom is -0.466 e. The van der Waals surface area contributed by atoms with Gasteiger partial charge in [0.05, 0.1) is 25.4 Å². The monoisotopic (exact) mass is 265 g/mol. The number of fused-ring (bicyclic) bond motifs is 3. The highest BCUT2D eigenvalue weighted by molar-refractivity contribution is 5.89. The normalized spacial score (nSPS) is 36.5. The van der Waals surface area contributed by atoms with E-state index in [-0.39, 0.29) is 36.7 Å². The highest BCUT2D eigenvalue weighted by Crippen LogP contribution is 2.46. The van der Waals surface area contributed by atoms with Gasteiger partial charge in [0, 0.05) is 24.6 Å². The van der Waals surface area contributed by atoms with E-state index < -0.39 is 0 Å². The van der Waals surface area contributed by atoms with Crippen LogP contribution < -0.4 is 0 Å². The molecule has 3 unspecified atom stereocenters. The van der Waals surface area contributed by atoms with E-state index in [4.69, 9.17) is 9.47 Å². The maximum Gasteiger partial charge on any atom is 0.335 e. The van der Waals surface area contributed by atoms with Gasteiger partial charge in [-0.15, -0.1) is 0 Å². The van der Waals surface area contributed by atoms with Crippen LogP contribution in [0.3, 0.4) is 0 Å². The van der Waals surface area contributed by atoms with Crippen LogP contribution in [0.2, 0.25) is 0 Å². The second-order valence-corrected chi connectivity index (χ2v) is 5.42. The van der Waals surface area contributed by atoms with E-state index in [1.54, 1.807) is 0 Å². The molecule has 2 heterocycles. The molecule has 0 amide bonds. The SMILES string of the molecule is COC(=O)C1=CN2CC(C)O[C@@H]2C2C(CO)=CCC12. The van der Waals surface area contributed by atoms with Gasteiger partial charge >= 0.3 is 5.97 Å². The average Bonchev–Trinajstić information content (AvgIpc) is 2.98. The number of rotatable bonds is 2. The molecule has 104 valence electrons. The van der Waals surface area contributed by atoms with Crippen molar-refractivity contribution in [1.29, 1.82) is 0 Å². The van der Waals surface area contributed by atoms with Crippen molar-refractivity contribution in [2.45, 2.75) is 25.7 Å². The molecule has 5 heteroatoms. The number of methoxy groups -OCH3 is 1. The third-order valence-electron chi connectivity index (χ3n) is 4.28. The number of allylic oxidation sites excluding steroid dienone is 1. The van der Waals surface area contributed by atoms with Gasteiger partial charge in [-0.05, 0) is 18.9 Å². The number of carbonyl (C=O) groups is 1. The van der Waals surface area contributed by atoms with Crippen LogP contribution in [0.25, 0.3) is 0 Å². The maximum absolute atomic E-state index is 11.9. The lowest BCUT2D eigenvalue weighted by atomic mass is 9.81. The number of hydrogen-bond donors (Lipinski definition) is 1. The molecule has 3 aliphatic rings. The Kier molecular flexibility index (Phi) is 3.11. The first-order chi connectivity index (χ1) is 9.15. The molecule has 1 fully saturated rings. The second-order valence-electron chi connectivity index (χ2n) is 5.42. The van der Waals surface area contributed by atoms with Crippen LogP contribution in [-0.4, -0.2) is 48.6 Å². The number of aliphatic hydroxyl groups excluding tert-OH is 1. The van der Waals surface area contributed by atoms with E-state index in [0.29, 0.717) is 5.57 Å². The maximum atomic E-state index is 11.9. The first-order valence-electron chi connectivity index (χ1n) is 6.66. The molecular weight excluding hydrogens is 246 g/mol. The van der Waals surface area contributed by atoms with E-state index in [2.05, 4.69) is 4.90 Å². The summed E-state index contributed by atoms with van der Waals surface area (Å²) < 4.78 is 10.8. The first-order valence-corrected chi connectivity index (χ1v) is 6.66. The standard InChI is InChI=1S/C14H19NO4/c1-8-5-15-6-11(14(17)18-2)10-4-3-9(7-16)12(10)13(15)19-8/h3,6,8,10,12-13,16H,4-5,7H2,1-2H3/t8?,10?,12?,13-/m1/s1. The Morgan fingerprint density at radius 2 is 2.42 bits per heavy atom. The molecule has 0 radical (unpaired) electrons. The number of hydrogen-bond acceptors (Lipinski definition) is 5. The van der Waals surface area contributed by atoms with Crippen LogP contribution in [0.4, 0.5) is 0 Å². The largest absolute Gasteiger partial charge is 0.466 e. The van der Waals surface area contributed by atoms with Crippen molar-refractivity contribution in [3.8, 4) is 0 Å². The topological polar surface area (TPSA) is 59.0 Å². The summed E-state index contributed by atoms with van der Waals surface area (Å²) in [6.07, 6.45) is 4.76. The Morgan fingerprint density at radius 3 is 3.11 bits per heavy atom. The van der Waals surface area contributed by atoms with E-state index in [9.17, 15) is 9.90 Å². The molecule has 0 aromatic carbocycles. The number of esters is 1. The molecule has 1 saturated heterocycles. The lowest BCUT2D eigenvalue weighted by Crippen LogP contribution is -2.43. The lowest BCUT2D eigenvalue weighted by Gasteiger charge is -2.38. The fourth-order valence-corrected chi connectivity index (χ4v) is 3.47. The molecule has 0 saturated carbocycles. The number of ether oxygens (including phenoxy) is 2. The summed E-state index contributed by atoms with van der Waals surface area (Å²) in [6.45, 7) is 2.82. The van der Waals surface area contributed by atoms with E-state index in [1.165, 1.54) is 7.11 Å². The van der Waals surface area contributed by atoms with Crippen molar-refractivity contribution < 1.29 is 19.4 Å². The molecule has 0 bridgehead atoms. The molecule has 19 heavy (non-hydrogen) atoms. The van der Waals surface area contributed by atoms with Crippen molar-refractivity contribution in [2.75, 3.05) is 20.3 Å². The summed E-state index contributed by atoms with van der Waals surface area (Å²) in [6, 6.07) is 0. The van der Waals surface area contributed by atoms with Gasteiger partial charge in [0.25, 0.3) is 0 Å². The second kappa shape index (κ2) is 4.65. The smallest absolute Gasteiger partial charge is 0.335 e. The predicted octanol–water partition coefficient (Wildman–Crippen LogP) is 0.658. The first kappa shape index (κ1) is 12.7. The number of carbonyl (C=O) groups excluding carboxylic acids is 1. The summed E-state index contributed by atoms with van der Waals surface area (Å²) in [5.41, 5.74) is 1.67. The zero-order chi connectivity index (χ0) is 13.6. The van der Waals surface area contributed by atoms with Crippen LogP contribution in [0.5, 0.6) is 0 Å². The molecule has 2 aliphatic heterocycles. The van der Waals surface area contributed by atoms with Crippen LogP contribution >= 0.6 is 0 Å². The van der Waals surface area contributed by atoms with Gasteiger partial charge in [-0.25, -0.2) is 4.79 Å². The Morgan fingerprint density at radius 1 is 1.63 bits per heavy atom. The van der Waals surface area contributed by atoms with Crippen molar-refractivity contribution in [3.63, 3.8) is 0 Å². The zero-order valence-corrected chi connectivity index (χ0v) is 11.2. The third kappa shape index (κ3) is 1.88. The minimum absolute atomic E-state index is 0.0255. The highest BCUT2D eigenvalue weighted by atomic mass is 16.5. The van der Waals surface area contributed by atoms with Gasteiger partial charge in [-0.3, -0.25) is 0 Å². The highest BCUT2D eigenvalue weighted by Gasteiger charge is 2.48. The quantitative estimate of drug-likeness (QED) is 0.587. The zero-order valence-electron chi connectivity index (χ0n) is 11.2. The Balaban J connectivity index is 1.97. The molecule has 0 spiro atoms. The third-order valence-corrected chi connectivity index (χ3v) is 4.28. The molecule has 0 aromatic rings. The molecular formula is C14H19NO4. The van der Waals surface area contributed by atoms with Gasteiger partial charge in [-0.2, -0.15) is 0 Å². The van der Waals surface area contributed by atoms with Crippen molar-refractivity contribution >= 4 is 5.97 Å². The average molecular weight is 265 g/mol. The van der Waals surface area contributed by atoms with Crippen molar-refractivity contribution in [3.05, 3.63) is 23.4 Å². The van der Waals surface area contributed by atoms with Crippen molar-refractivity contribution in [2.24, 2.45) is 11.8 Å². The summed E-state index contributed by atoms with van der Waals surface area (Å²) in [7, 11) is 1.41. The van der Waals surface area contributed by atoms with Crippen LogP contribution in [0.15, 0.2) is 23.4 Å². The van der Waals surface area contributed by atoms with E-state index in [1.807, 2.05) is 19.2 Å². The molecule has 5 nitrogen and oxygen atoms in total. The molecule has 0 aromatic heterocycles. The van der Waals surface area contributed by atoms with Crippen LogP contribution in [0.1, 0.15) is 13.3 Å². The summed E-state index contributed by atoms with van der Waals surface area (Å²) in [5, 5.41) is 9.49. The summed E-state index contributed by atoms with van der Waals surface area (Å²) in [4.78, 5) is 14.0.